The molecule has 4 nitrogen and oxygen atoms in total. The Balaban J connectivity index is 1.83. The van der Waals surface area contributed by atoms with Crippen molar-refractivity contribution in [3.8, 4) is 5.75 Å². The highest BCUT2D eigenvalue weighted by molar-refractivity contribution is 5.70. The van der Waals surface area contributed by atoms with E-state index in [1.54, 1.807) is 0 Å². The van der Waals surface area contributed by atoms with E-state index in [-0.39, 0.29) is 11.9 Å². The van der Waals surface area contributed by atoms with Crippen molar-refractivity contribution in [1.82, 2.24) is 0 Å². The maximum absolute atomic E-state index is 11.6. The first kappa shape index (κ1) is 18.8. The summed E-state index contributed by atoms with van der Waals surface area (Å²) in [6, 6.07) is 16.1. The Labute approximate surface area is 150 Å². The van der Waals surface area contributed by atoms with E-state index in [4.69, 9.17) is 15.2 Å². The minimum Gasteiger partial charge on any atom is -0.491 e. The molecule has 0 amide bonds. The van der Waals surface area contributed by atoms with Gasteiger partial charge in [-0.15, -0.1) is 0 Å². The number of nitrogen functional groups attached to an aromatic ring is 1. The molecule has 0 aliphatic heterocycles. The predicted molar refractivity (Wildman–Crippen MR) is 101 cm³/mol. The second-order valence-corrected chi connectivity index (χ2v) is 6.15. The lowest BCUT2D eigenvalue weighted by atomic mass is 9.97. The molecule has 0 spiro atoms. The van der Waals surface area contributed by atoms with Crippen molar-refractivity contribution in [2.24, 2.45) is 0 Å². The van der Waals surface area contributed by atoms with E-state index in [1.807, 2.05) is 50.2 Å². The molecule has 134 valence electrons. The third-order valence-electron chi connectivity index (χ3n) is 4.09. The molecule has 0 aliphatic carbocycles. The van der Waals surface area contributed by atoms with Crippen LogP contribution in [0.2, 0.25) is 0 Å². The van der Waals surface area contributed by atoms with E-state index in [2.05, 4.69) is 12.1 Å². The molecule has 0 saturated heterocycles. The standard InChI is InChI=1S/C21H27NO3/c1-3-24-21(23)14-16(2)18-11-12-20(19(22)15-18)25-13-7-10-17-8-5-4-6-9-17/h4-6,8-9,11-12,15-16H,3,7,10,13-14,22H2,1-2H3. The summed E-state index contributed by atoms with van der Waals surface area (Å²) in [6.07, 6.45) is 2.27. The van der Waals surface area contributed by atoms with E-state index in [1.165, 1.54) is 5.56 Å². The van der Waals surface area contributed by atoms with Gasteiger partial charge in [-0.05, 0) is 48.9 Å². The van der Waals surface area contributed by atoms with Crippen LogP contribution in [0.15, 0.2) is 48.5 Å². The van der Waals surface area contributed by atoms with Crippen LogP contribution in [0.5, 0.6) is 5.75 Å². The molecule has 25 heavy (non-hydrogen) atoms. The molecule has 2 N–H and O–H groups in total. The lowest BCUT2D eigenvalue weighted by Crippen LogP contribution is -2.09. The smallest absolute Gasteiger partial charge is 0.306 e. The molecule has 0 heterocycles. The number of carbonyl (C=O) groups excluding carboxylic acids is 1. The number of esters is 1. The highest BCUT2D eigenvalue weighted by Gasteiger charge is 2.13. The van der Waals surface area contributed by atoms with Crippen molar-refractivity contribution in [1.29, 1.82) is 0 Å². The van der Waals surface area contributed by atoms with Crippen LogP contribution in [0.25, 0.3) is 0 Å². The van der Waals surface area contributed by atoms with Gasteiger partial charge in [-0.1, -0.05) is 43.3 Å². The summed E-state index contributed by atoms with van der Waals surface area (Å²) in [7, 11) is 0. The zero-order valence-electron chi connectivity index (χ0n) is 15.0. The molecule has 0 aromatic heterocycles. The van der Waals surface area contributed by atoms with Crippen LogP contribution in [-0.2, 0) is 16.0 Å². The van der Waals surface area contributed by atoms with E-state index >= 15 is 0 Å². The highest BCUT2D eigenvalue weighted by atomic mass is 16.5. The maximum Gasteiger partial charge on any atom is 0.306 e. The third kappa shape index (κ3) is 6.14. The fraction of sp³-hybridized carbons (Fsp3) is 0.381. The molecule has 0 radical (unpaired) electrons. The second-order valence-electron chi connectivity index (χ2n) is 6.15. The number of anilines is 1. The Morgan fingerprint density at radius 2 is 1.92 bits per heavy atom. The van der Waals surface area contributed by atoms with E-state index in [9.17, 15) is 4.79 Å². The van der Waals surface area contributed by atoms with Crippen LogP contribution >= 0.6 is 0 Å². The third-order valence-corrected chi connectivity index (χ3v) is 4.09. The fourth-order valence-corrected chi connectivity index (χ4v) is 2.70. The SMILES string of the molecule is CCOC(=O)CC(C)c1ccc(OCCCc2ccccc2)c(N)c1. The van der Waals surface area contributed by atoms with Crippen molar-refractivity contribution in [2.45, 2.75) is 39.0 Å². The lowest BCUT2D eigenvalue weighted by Gasteiger charge is -2.14. The van der Waals surface area contributed by atoms with Crippen molar-refractivity contribution in [3.05, 3.63) is 59.7 Å². The quantitative estimate of drug-likeness (QED) is 0.419. The van der Waals surface area contributed by atoms with Crippen LogP contribution in [0.4, 0.5) is 5.69 Å². The summed E-state index contributed by atoms with van der Waals surface area (Å²) >= 11 is 0. The fourth-order valence-electron chi connectivity index (χ4n) is 2.70. The number of carbonyl (C=O) groups is 1. The van der Waals surface area contributed by atoms with Crippen molar-refractivity contribution >= 4 is 11.7 Å². The molecule has 4 heteroatoms. The van der Waals surface area contributed by atoms with Gasteiger partial charge in [-0.25, -0.2) is 0 Å². The topological polar surface area (TPSA) is 61.5 Å². The van der Waals surface area contributed by atoms with Gasteiger partial charge in [-0.3, -0.25) is 4.79 Å². The Bertz CT molecular complexity index is 670. The molecule has 0 fully saturated rings. The number of hydrogen-bond acceptors (Lipinski definition) is 4. The first-order valence-electron chi connectivity index (χ1n) is 8.82. The summed E-state index contributed by atoms with van der Waals surface area (Å²) in [5.74, 6) is 0.573. The Hall–Kier alpha value is -2.49. The second kappa shape index (κ2) is 9.72. The van der Waals surface area contributed by atoms with E-state index < -0.39 is 0 Å². The summed E-state index contributed by atoms with van der Waals surface area (Å²) in [6.45, 7) is 4.83. The van der Waals surface area contributed by atoms with Crippen LogP contribution in [0.1, 0.15) is 43.7 Å². The van der Waals surface area contributed by atoms with Gasteiger partial charge in [0.05, 0.1) is 25.3 Å². The molecule has 0 aliphatic rings. The maximum atomic E-state index is 11.6. The number of aryl methyl sites for hydroxylation is 1. The lowest BCUT2D eigenvalue weighted by molar-refractivity contribution is -0.143. The molecular formula is C21H27NO3. The first-order valence-corrected chi connectivity index (χ1v) is 8.82. The monoisotopic (exact) mass is 341 g/mol. The average molecular weight is 341 g/mol. The Kier molecular flexibility index (Phi) is 7.33. The van der Waals surface area contributed by atoms with Crippen molar-refractivity contribution < 1.29 is 14.3 Å². The van der Waals surface area contributed by atoms with Gasteiger partial charge >= 0.3 is 5.97 Å². The molecule has 0 bridgehead atoms. The zero-order valence-corrected chi connectivity index (χ0v) is 15.0. The zero-order chi connectivity index (χ0) is 18.1. The summed E-state index contributed by atoms with van der Waals surface area (Å²) in [5, 5.41) is 0. The van der Waals surface area contributed by atoms with E-state index in [0.29, 0.717) is 31.1 Å². The largest absolute Gasteiger partial charge is 0.491 e. The van der Waals surface area contributed by atoms with Gasteiger partial charge < -0.3 is 15.2 Å². The predicted octanol–water partition coefficient (Wildman–Crippen LogP) is 4.34. The van der Waals surface area contributed by atoms with Gasteiger partial charge in [0.15, 0.2) is 0 Å². The van der Waals surface area contributed by atoms with Gasteiger partial charge in [0.1, 0.15) is 5.75 Å². The van der Waals surface area contributed by atoms with Crippen molar-refractivity contribution in [2.75, 3.05) is 18.9 Å². The van der Waals surface area contributed by atoms with Gasteiger partial charge in [0.25, 0.3) is 0 Å². The van der Waals surface area contributed by atoms with E-state index in [0.717, 1.165) is 18.4 Å². The molecule has 0 saturated carbocycles. The van der Waals surface area contributed by atoms with Gasteiger partial charge in [-0.2, -0.15) is 0 Å². The molecule has 1 unspecified atom stereocenters. The highest BCUT2D eigenvalue weighted by Crippen LogP contribution is 2.28. The number of hydrogen-bond donors (Lipinski definition) is 1. The van der Waals surface area contributed by atoms with Crippen LogP contribution in [0.3, 0.4) is 0 Å². The summed E-state index contributed by atoms with van der Waals surface area (Å²) in [5.41, 5.74) is 9.03. The first-order chi connectivity index (χ1) is 12.1. The number of rotatable bonds is 9. The number of nitrogens with two attached hydrogens (primary N) is 1. The number of ether oxygens (including phenoxy) is 2. The Morgan fingerprint density at radius 1 is 1.16 bits per heavy atom. The minimum atomic E-state index is -0.185. The van der Waals surface area contributed by atoms with Gasteiger partial charge in [0.2, 0.25) is 0 Å². The normalized spacial score (nSPS) is 11.8. The molecule has 2 aromatic carbocycles. The van der Waals surface area contributed by atoms with Crippen LogP contribution < -0.4 is 10.5 Å². The van der Waals surface area contributed by atoms with Gasteiger partial charge in [0, 0.05) is 0 Å². The molecule has 2 aromatic rings. The molecule has 2 rings (SSSR count). The Morgan fingerprint density at radius 3 is 2.60 bits per heavy atom. The molecular weight excluding hydrogens is 314 g/mol. The molecule has 1 atom stereocenters. The summed E-state index contributed by atoms with van der Waals surface area (Å²) < 4.78 is 10.8. The van der Waals surface area contributed by atoms with Crippen molar-refractivity contribution in [3.63, 3.8) is 0 Å². The minimum absolute atomic E-state index is 0.0634. The summed E-state index contributed by atoms with van der Waals surface area (Å²) in [4.78, 5) is 11.6. The van der Waals surface area contributed by atoms with Crippen LogP contribution in [0, 0.1) is 0 Å². The average Bonchev–Trinajstić information content (AvgIpc) is 2.60. The van der Waals surface area contributed by atoms with Crippen LogP contribution in [-0.4, -0.2) is 19.2 Å². The number of benzene rings is 2.